The van der Waals surface area contributed by atoms with Gasteiger partial charge in [0.05, 0.1) is 10.4 Å². The lowest BCUT2D eigenvalue weighted by molar-refractivity contribution is 0.298. The summed E-state index contributed by atoms with van der Waals surface area (Å²) in [6, 6.07) is 20.2. The van der Waals surface area contributed by atoms with Crippen molar-refractivity contribution in [3.63, 3.8) is 0 Å². The summed E-state index contributed by atoms with van der Waals surface area (Å²) in [7, 11) is 0. The molecule has 5 heteroatoms. The minimum absolute atomic E-state index is 0.115. The van der Waals surface area contributed by atoms with Crippen LogP contribution in [0.3, 0.4) is 0 Å². The minimum atomic E-state index is -0.283. The SMILES string of the molecule is Cc1cc2oc(-c3ccccc3Cl)c(OCc3ccccc3)c(=O)c2cc1Cl. The Hall–Kier alpha value is -2.75. The van der Waals surface area contributed by atoms with Crippen LogP contribution in [-0.4, -0.2) is 0 Å². The quantitative estimate of drug-likeness (QED) is 0.377. The second kappa shape index (κ2) is 7.70. The first-order chi connectivity index (χ1) is 13.5. The van der Waals surface area contributed by atoms with Gasteiger partial charge in [-0.15, -0.1) is 0 Å². The van der Waals surface area contributed by atoms with E-state index in [1.165, 1.54) is 0 Å². The number of fused-ring (bicyclic) bond motifs is 1. The number of hydrogen-bond donors (Lipinski definition) is 0. The highest BCUT2D eigenvalue weighted by Crippen LogP contribution is 2.36. The molecule has 140 valence electrons. The summed E-state index contributed by atoms with van der Waals surface area (Å²) in [6.07, 6.45) is 0. The molecule has 0 saturated carbocycles. The minimum Gasteiger partial charge on any atom is -0.481 e. The van der Waals surface area contributed by atoms with Crippen LogP contribution in [0.1, 0.15) is 11.1 Å². The fourth-order valence-electron chi connectivity index (χ4n) is 2.98. The maximum absolute atomic E-state index is 13.2. The van der Waals surface area contributed by atoms with E-state index in [9.17, 15) is 4.79 Å². The summed E-state index contributed by atoms with van der Waals surface area (Å²) in [5, 5.41) is 1.34. The number of ether oxygens (including phenoxy) is 1. The lowest BCUT2D eigenvalue weighted by atomic mass is 10.1. The predicted molar refractivity (Wildman–Crippen MR) is 113 cm³/mol. The Morgan fingerprint density at radius 2 is 1.64 bits per heavy atom. The van der Waals surface area contributed by atoms with Gasteiger partial charge in [0.15, 0.2) is 5.76 Å². The fraction of sp³-hybridized carbons (Fsp3) is 0.0870. The summed E-state index contributed by atoms with van der Waals surface area (Å²) < 4.78 is 12.0. The van der Waals surface area contributed by atoms with Gasteiger partial charge in [-0.2, -0.15) is 0 Å². The summed E-state index contributed by atoms with van der Waals surface area (Å²) in [5.74, 6) is 0.421. The Labute approximate surface area is 172 Å². The van der Waals surface area contributed by atoms with Gasteiger partial charge in [-0.1, -0.05) is 65.7 Å². The third kappa shape index (κ3) is 3.51. The van der Waals surface area contributed by atoms with Crippen molar-refractivity contribution < 1.29 is 9.15 Å². The molecule has 0 N–H and O–H groups in total. The lowest BCUT2D eigenvalue weighted by Gasteiger charge is -2.13. The smallest absolute Gasteiger partial charge is 0.235 e. The average molecular weight is 411 g/mol. The van der Waals surface area contributed by atoms with Crippen LogP contribution in [0, 0.1) is 6.92 Å². The molecule has 28 heavy (non-hydrogen) atoms. The first-order valence-electron chi connectivity index (χ1n) is 8.73. The van der Waals surface area contributed by atoms with Crippen LogP contribution < -0.4 is 10.2 Å². The van der Waals surface area contributed by atoms with Crippen LogP contribution in [0.15, 0.2) is 75.9 Å². The first-order valence-corrected chi connectivity index (χ1v) is 9.49. The van der Waals surface area contributed by atoms with Gasteiger partial charge in [0.2, 0.25) is 11.2 Å². The van der Waals surface area contributed by atoms with Crippen LogP contribution in [0.5, 0.6) is 5.75 Å². The fourth-order valence-corrected chi connectivity index (χ4v) is 3.37. The van der Waals surface area contributed by atoms with E-state index in [-0.39, 0.29) is 17.8 Å². The molecule has 0 aliphatic carbocycles. The Bertz CT molecular complexity index is 1210. The summed E-state index contributed by atoms with van der Waals surface area (Å²) in [4.78, 5) is 13.2. The van der Waals surface area contributed by atoms with Crippen molar-refractivity contribution in [3.8, 4) is 17.1 Å². The zero-order valence-electron chi connectivity index (χ0n) is 15.0. The molecule has 0 amide bonds. The van der Waals surface area contributed by atoms with Gasteiger partial charge in [-0.25, -0.2) is 0 Å². The van der Waals surface area contributed by atoms with Crippen molar-refractivity contribution in [2.45, 2.75) is 13.5 Å². The second-order valence-electron chi connectivity index (χ2n) is 6.44. The Balaban J connectivity index is 1.93. The maximum Gasteiger partial charge on any atom is 0.235 e. The van der Waals surface area contributed by atoms with Crippen molar-refractivity contribution in [2.24, 2.45) is 0 Å². The van der Waals surface area contributed by atoms with Gasteiger partial charge < -0.3 is 9.15 Å². The first kappa shape index (κ1) is 18.6. The van der Waals surface area contributed by atoms with E-state index in [1.807, 2.05) is 49.4 Å². The van der Waals surface area contributed by atoms with E-state index < -0.39 is 0 Å². The van der Waals surface area contributed by atoms with E-state index in [2.05, 4.69) is 0 Å². The predicted octanol–water partition coefficient (Wildman–Crippen LogP) is 6.65. The summed E-state index contributed by atoms with van der Waals surface area (Å²) in [5.41, 5.74) is 2.51. The van der Waals surface area contributed by atoms with Crippen LogP contribution in [-0.2, 0) is 6.61 Å². The molecule has 4 aromatic rings. The normalized spacial score (nSPS) is 11.0. The third-order valence-corrected chi connectivity index (χ3v) is 5.21. The molecule has 0 radical (unpaired) electrons. The highest BCUT2D eigenvalue weighted by molar-refractivity contribution is 6.33. The molecule has 0 bridgehead atoms. The molecule has 1 heterocycles. The van der Waals surface area contributed by atoms with Gasteiger partial charge in [-0.05, 0) is 42.3 Å². The van der Waals surface area contributed by atoms with Crippen LogP contribution >= 0.6 is 23.2 Å². The molecular formula is C23H16Cl2O3. The second-order valence-corrected chi connectivity index (χ2v) is 7.26. The van der Waals surface area contributed by atoms with E-state index >= 15 is 0 Å². The van der Waals surface area contributed by atoms with Crippen LogP contribution in [0.4, 0.5) is 0 Å². The number of hydrogen-bond acceptors (Lipinski definition) is 3. The largest absolute Gasteiger partial charge is 0.481 e. The average Bonchev–Trinajstić information content (AvgIpc) is 2.70. The molecule has 0 unspecified atom stereocenters. The van der Waals surface area contributed by atoms with Crippen LogP contribution in [0.25, 0.3) is 22.3 Å². The Kier molecular flexibility index (Phi) is 5.12. The molecule has 0 fully saturated rings. The van der Waals surface area contributed by atoms with Gasteiger partial charge in [-0.3, -0.25) is 4.79 Å². The molecule has 0 spiro atoms. The van der Waals surface area contributed by atoms with Crippen molar-refractivity contribution in [1.29, 1.82) is 0 Å². The van der Waals surface area contributed by atoms with Gasteiger partial charge in [0, 0.05) is 10.6 Å². The molecular weight excluding hydrogens is 395 g/mol. The third-order valence-electron chi connectivity index (χ3n) is 4.47. The Morgan fingerprint density at radius 3 is 2.39 bits per heavy atom. The van der Waals surface area contributed by atoms with Crippen molar-refractivity contribution in [3.05, 3.63) is 98.1 Å². The maximum atomic E-state index is 13.2. The number of benzene rings is 3. The monoisotopic (exact) mass is 410 g/mol. The standard InChI is InChI=1S/C23H16Cl2O3/c1-14-11-20-17(12-19(14)25)21(26)23(27-13-15-7-3-2-4-8-15)22(28-20)16-9-5-6-10-18(16)24/h2-12H,13H2,1H3. The molecule has 4 rings (SSSR count). The van der Waals surface area contributed by atoms with Gasteiger partial charge >= 0.3 is 0 Å². The summed E-state index contributed by atoms with van der Waals surface area (Å²) >= 11 is 12.6. The zero-order chi connectivity index (χ0) is 19.7. The number of halogens is 2. The molecule has 0 atom stereocenters. The highest BCUT2D eigenvalue weighted by Gasteiger charge is 2.20. The van der Waals surface area contributed by atoms with Crippen LogP contribution in [0.2, 0.25) is 10.0 Å². The molecule has 1 aromatic heterocycles. The van der Waals surface area contributed by atoms with Gasteiger partial charge in [0.1, 0.15) is 12.2 Å². The molecule has 0 aliphatic rings. The zero-order valence-corrected chi connectivity index (χ0v) is 16.6. The van der Waals surface area contributed by atoms with Gasteiger partial charge in [0.25, 0.3) is 0 Å². The van der Waals surface area contributed by atoms with E-state index in [1.54, 1.807) is 24.3 Å². The topological polar surface area (TPSA) is 39.4 Å². The molecule has 3 nitrogen and oxygen atoms in total. The summed E-state index contributed by atoms with van der Waals surface area (Å²) in [6.45, 7) is 2.09. The van der Waals surface area contributed by atoms with Crippen molar-refractivity contribution in [2.75, 3.05) is 0 Å². The van der Waals surface area contributed by atoms with E-state index in [0.717, 1.165) is 11.1 Å². The van der Waals surface area contributed by atoms with E-state index in [0.29, 0.717) is 32.3 Å². The number of aryl methyl sites for hydroxylation is 1. The lowest BCUT2D eigenvalue weighted by Crippen LogP contribution is -2.10. The molecule has 0 saturated heterocycles. The Morgan fingerprint density at radius 1 is 0.929 bits per heavy atom. The molecule has 3 aromatic carbocycles. The molecule has 0 aliphatic heterocycles. The van der Waals surface area contributed by atoms with Crippen molar-refractivity contribution >= 4 is 34.2 Å². The number of rotatable bonds is 4. The highest BCUT2D eigenvalue weighted by atomic mass is 35.5. The van der Waals surface area contributed by atoms with Crippen molar-refractivity contribution in [1.82, 2.24) is 0 Å². The van der Waals surface area contributed by atoms with E-state index in [4.69, 9.17) is 32.4 Å².